The SMILES string of the molecule is CCOc1cc([C@H]2NC(=O)NC(C)=C2C(=O)OC)ccc1OC[C@@H](O)N/N=C\c1ccc(C(C)C)cc1. The number of nitrogens with one attached hydrogen (secondary N) is 3. The molecular formula is C27H34N4O6. The van der Waals surface area contributed by atoms with Crippen molar-refractivity contribution in [2.45, 2.75) is 45.9 Å². The Morgan fingerprint density at radius 1 is 1.16 bits per heavy atom. The minimum atomic E-state index is -1.07. The summed E-state index contributed by atoms with van der Waals surface area (Å²) < 4.78 is 16.4. The fourth-order valence-electron chi connectivity index (χ4n) is 3.79. The third-order valence-electron chi connectivity index (χ3n) is 5.71. The molecule has 0 aromatic heterocycles. The number of methoxy groups -OCH3 is 1. The molecule has 0 radical (unpaired) electrons. The molecule has 0 bridgehead atoms. The molecule has 2 aromatic carbocycles. The number of carbonyl (C=O) groups excluding carboxylic acids is 2. The van der Waals surface area contributed by atoms with E-state index in [2.05, 4.69) is 35.0 Å². The number of ether oxygens (including phenoxy) is 3. The predicted octanol–water partition coefficient (Wildman–Crippen LogP) is 3.33. The fraction of sp³-hybridized carbons (Fsp3) is 0.370. The molecule has 10 heteroatoms. The van der Waals surface area contributed by atoms with E-state index in [1.54, 1.807) is 31.3 Å². The van der Waals surface area contributed by atoms with Gasteiger partial charge >= 0.3 is 12.0 Å². The summed E-state index contributed by atoms with van der Waals surface area (Å²) >= 11 is 0. The summed E-state index contributed by atoms with van der Waals surface area (Å²) in [6, 6.07) is 11.9. The molecule has 10 nitrogen and oxygen atoms in total. The largest absolute Gasteiger partial charge is 0.490 e. The van der Waals surface area contributed by atoms with Crippen LogP contribution in [0.15, 0.2) is 58.8 Å². The molecule has 37 heavy (non-hydrogen) atoms. The average molecular weight is 511 g/mol. The number of hydrogen-bond acceptors (Lipinski definition) is 8. The normalized spacial score (nSPS) is 16.3. The van der Waals surface area contributed by atoms with Crippen molar-refractivity contribution < 1.29 is 28.9 Å². The second kappa shape index (κ2) is 12.8. The van der Waals surface area contributed by atoms with Gasteiger partial charge in [0.25, 0.3) is 0 Å². The maximum atomic E-state index is 12.4. The van der Waals surface area contributed by atoms with Crippen LogP contribution in [0.5, 0.6) is 11.5 Å². The van der Waals surface area contributed by atoms with Crippen LogP contribution in [0.25, 0.3) is 0 Å². The lowest BCUT2D eigenvalue weighted by Crippen LogP contribution is -2.45. The Labute approximate surface area is 216 Å². The number of hydrogen-bond donors (Lipinski definition) is 4. The van der Waals surface area contributed by atoms with E-state index in [4.69, 9.17) is 14.2 Å². The Bertz CT molecular complexity index is 1160. The molecule has 0 saturated heterocycles. The van der Waals surface area contributed by atoms with E-state index in [1.807, 2.05) is 31.2 Å². The molecule has 1 aliphatic rings. The summed E-state index contributed by atoms with van der Waals surface area (Å²) in [6.45, 7) is 7.99. The van der Waals surface area contributed by atoms with Gasteiger partial charge in [0.2, 0.25) is 0 Å². The molecule has 1 heterocycles. The van der Waals surface area contributed by atoms with Gasteiger partial charge in [-0.25, -0.2) is 9.59 Å². The number of allylic oxidation sites excluding steroid dienone is 1. The highest BCUT2D eigenvalue weighted by Crippen LogP contribution is 2.34. The number of aliphatic hydroxyl groups is 1. The first kappa shape index (κ1) is 27.5. The van der Waals surface area contributed by atoms with Gasteiger partial charge in [0.1, 0.15) is 6.61 Å². The van der Waals surface area contributed by atoms with E-state index in [1.165, 1.54) is 12.7 Å². The first-order chi connectivity index (χ1) is 17.7. The van der Waals surface area contributed by atoms with Gasteiger partial charge in [-0.1, -0.05) is 44.2 Å². The van der Waals surface area contributed by atoms with Gasteiger partial charge in [-0.15, -0.1) is 0 Å². The summed E-state index contributed by atoms with van der Waals surface area (Å²) in [4.78, 5) is 24.4. The van der Waals surface area contributed by atoms with E-state index in [0.29, 0.717) is 35.3 Å². The molecule has 0 fully saturated rings. The molecular weight excluding hydrogens is 476 g/mol. The van der Waals surface area contributed by atoms with Crippen LogP contribution < -0.4 is 25.5 Å². The molecule has 3 rings (SSSR count). The molecule has 198 valence electrons. The molecule has 0 saturated carbocycles. The number of carbonyl (C=O) groups is 2. The van der Waals surface area contributed by atoms with E-state index in [0.717, 1.165) is 5.56 Å². The van der Waals surface area contributed by atoms with Gasteiger partial charge in [0.15, 0.2) is 17.7 Å². The molecule has 0 spiro atoms. The number of aliphatic hydroxyl groups excluding tert-OH is 1. The van der Waals surface area contributed by atoms with E-state index in [9.17, 15) is 14.7 Å². The minimum Gasteiger partial charge on any atom is -0.490 e. The third kappa shape index (κ3) is 7.23. The Kier molecular flexibility index (Phi) is 9.51. The number of hydrazone groups is 1. The molecule has 1 aliphatic heterocycles. The summed E-state index contributed by atoms with van der Waals surface area (Å²) in [7, 11) is 1.28. The van der Waals surface area contributed by atoms with Gasteiger partial charge in [0.05, 0.1) is 31.5 Å². The standard InChI is InChI=1S/C27H34N4O6/c1-6-36-22-13-20(25-24(26(33)35-5)17(4)29-27(34)30-25)11-12-21(22)37-15-23(32)31-28-14-18-7-9-19(10-8-18)16(2)3/h7-14,16,23,25,31-32H,6,15H2,1-5H3,(H2,29,30,34)/b28-14-/t23-,25-/m1/s1. The summed E-state index contributed by atoms with van der Waals surface area (Å²) in [5.41, 5.74) is 6.08. The Morgan fingerprint density at radius 2 is 1.89 bits per heavy atom. The van der Waals surface area contributed by atoms with Crippen molar-refractivity contribution in [3.63, 3.8) is 0 Å². The van der Waals surface area contributed by atoms with Gasteiger partial charge in [-0.05, 0) is 48.6 Å². The van der Waals surface area contributed by atoms with Gasteiger partial charge < -0.3 is 30.0 Å². The zero-order chi connectivity index (χ0) is 26.9. The van der Waals surface area contributed by atoms with Crippen molar-refractivity contribution in [1.82, 2.24) is 16.1 Å². The van der Waals surface area contributed by atoms with Crippen molar-refractivity contribution in [3.8, 4) is 11.5 Å². The number of rotatable bonds is 11. The molecule has 0 unspecified atom stereocenters. The van der Waals surface area contributed by atoms with E-state index >= 15 is 0 Å². The number of esters is 1. The Balaban J connectivity index is 1.67. The van der Waals surface area contributed by atoms with Crippen molar-refractivity contribution in [2.24, 2.45) is 5.10 Å². The van der Waals surface area contributed by atoms with Crippen LogP contribution in [0.1, 0.15) is 56.3 Å². The lowest BCUT2D eigenvalue weighted by atomic mass is 9.95. The third-order valence-corrected chi connectivity index (χ3v) is 5.71. The van der Waals surface area contributed by atoms with Crippen molar-refractivity contribution in [1.29, 1.82) is 0 Å². The quantitative estimate of drug-likeness (QED) is 0.158. The molecule has 2 amide bonds. The molecule has 4 N–H and O–H groups in total. The molecule has 2 atom stereocenters. The zero-order valence-corrected chi connectivity index (χ0v) is 21.7. The number of nitrogens with zero attached hydrogens (tertiary/aromatic N) is 1. The lowest BCUT2D eigenvalue weighted by Gasteiger charge is -2.28. The van der Waals surface area contributed by atoms with Crippen LogP contribution in [-0.4, -0.2) is 49.9 Å². The second-order valence-electron chi connectivity index (χ2n) is 8.74. The van der Waals surface area contributed by atoms with Crippen LogP contribution in [0.3, 0.4) is 0 Å². The zero-order valence-electron chi connectivity index (χ0n) is 21.7. The topological polar surface area (TPSA) is 131 Å². The van der Waals surface area contributed by atoms with Crippen LogP contribution in [-0.2, 0) is 9.53 Å². The maximum absolute atomic E-state index is 12.4. The Morgan fingerprint density at radius 3 is 2.54 bits per heavy atom. The highest BCUT2D eigenvalue weighted by molar-refractivity contribution is 5.95. The van der Waals surface area contributed by atoms with Crippen LogP contribution in [0, 0.1) is 0 Å². The first-order valence-electron chi connectivity index (χ1n) is 12.1. The van der Waals surface area contributed by atoms with Crippen molar-refractivity contribution in [2.75, 3.05) is 20.3 Å². The van der Waals surface area contributed by atoms with Gasteiger partial charge in [0, 0.05) is 5.70 Å². The Hall–Kier alpha value is -4.05. The summed E-state index contributed by atoms with van der Waals surface area (Å²) in [5, 5.41) is 19.7. The highest BCUT2D eigenvalue weighted by atomic mass is 16.5. The fourth-order valence-corrected chi connectivity index (χ4v) is 3.79. The van der Waals surface area contributed by atoms with Crippen molar-refractivity contribution in [3.05, 3.63) is 70.4 Å². The van der Waals surface area contributed by atoms with Crippen molar-refractivity contribution >= 4 is 18.2 Å². The van der Waals surface area contributed by atoms with Crippen LogP contribution >= 0.6 is 0 Å². The van der Waals surface area contributed by atoms with Gasteiger partial charge in [-0.2, -0.15) is 5.10 Å². The van der Waals surface area contributed by atoms with Crippen LogP contribution in [0.2, 0.25) is 0 Å². The maximum Gasteiger partial charge on any atom is 0.337 e. The highest BCUT2D eigenvalue weighted by Gasteiger charge is 2.32. The number of amides is 2. The molecule has 0 aliphatic carbocycles. The molecule has 2 aromatic rings. The summed E-state index contributed by atoms with van der Waals surface area (Å²) in [5.74, 6) is 0.683. The van der Waals surface area contributed by atoms with Crippen LogP contribution in [0.4, 0.5) is 4.79 Å². The lowest BCUT2D eigenvalue weighted by molar-refractivity contribution is -0.136. The van der Waals surface area contributed by atoms with Gasteiger partial charge in [-0.3, -0.25) is 5.43 Å². The second-order valence-corrected chi connectivity index (χ2v) is 8.74. The first-order valence-corrected chi connectivity index (χ1v) is 12.1. The number of benzene rings is 2. The van der Waals surface area contributed by atoms with E-state index in [-0.39, 0.29) is 12.2 Å². The minimum absolute atomic E-state index is 0.0977. The average Bonchev–Trinajstić information content (AvgIpc) is 2.87. The summed E-state index contributed by atoms with van der Waals surface area (Å²) in [6.07, 6.45) is 0.552. The monoisotopic (exact) mass is 510 g/mol. The number of urea groups is 1. The predicted molar refractivity (Wildman–Crippen MR) is 139 cm³/mol. The van der Waals surface area contributed by atoms with E-state index < -0.39 is 24.3 Å². The smallest absolute Gasteiger partial charge is 0.337 e.